The molecule has 0 aliphatic carbocycles. The molecule has 0 aliphatic rings. The summed E-state index contributed by atoms with van der Waals surface area (Å²) in [4.78, 5) is 15.3. The molecule has 0 saturated heterocycles. The minimum Gasteiger partial charge on any atom is -0.456 e. The lowest BCUT2D eigenvalue weighted by Crippen LogP contribution is -2.01. The van der Waals surface area contributed by atoms with Gasteiger partial charge in [-0.2, -0.15) is 0 Å². The smallest absolute Gasteiger partial charge is 0.164 e. The predicted molar refractivity (Wildman–Crippen MR) is 200 cm³/mol. The number of hydrogen-bond acceptors (Lipinski definition) is 4. The first-order valence-electron chi connectivity index (χ1n) is 16.4. The third-order valence-electron chi connectivity index (χ3n) is 8.98. The van der Waals surface area contributed by atoms with E-state index >= 15 is 0 Å². The molecule has 49 heavy (non-hydrogen) atoms. The van der Waals surface area contributed by atoms with E-state index in [4.69, 9.17) is 19.4 Å². The Kier molecular flexibility index (Phi) is 7.10. The van der Waals surface area contributed by atoms with Gasteiger partial charge in [-0.05, 0) is 51.6 Å². The number of hydrogen-bond donors (Lipinski definition) is 0. The van der Waals surface area contributed by atoms with Gasteiger partial charge in [-0.25, -0.2) is 15.0 Å². The highest BCUT2D eigenvalue weighted by molar-refractivity contribution is 6.08. The number of nitrogens with zero attached hydrogens (tertiary/aromatic N) is 3. The number of benzene rings is 7. The van der Waals surface area contributed by atoms with Crippen LogP contribution in [0.1, 0.15) is 0 Å². The van der Waals surface area contributed by atoms with Gasteiger partial charge in [0.05, 0.1) is 0 Å². The van der Waals surface area contributed by atoms with Crippen molar-refractivity contribution in [3.63, 3.8) is 0 Å². The Balaban J connectivity index is 1.18. The van der Waals surface area contributed by atoms with Gasteiger partial charge >= 0.3 is 0 Å². The van der Waals surface area contributed by atoms with E-state index in [0.29, 0.717) is 17.5 Å². The summed E-state index contributed by atoms with van der Waals surface area (Å²) in [7, 11) is 0. The van der Waals surface area contributed by atoms with Crippen LogP contribution in [-0.4, -0.2) is 15.0 Å². The van der Waals surface area contributed by atoms with Crippen LogP contribution in [0.4, 0.5) is 0 Å². The SMILES string of the molecule is c1ccc(-c2ccc(-c3ccc(-c4nc(-c5ccccc5)nc(-c5cc6c(cc5-c5ccccc5)oc5ccccc56)n4)cc3)cc2)cc1. The van der Waals surface area contributed by atoms with Crippen molar-refractivity contribution >= 4 is 21.9 Å². The van der Waals surface area contributed by atoms with Crippen LogP contribution in [0.25, 0.3) is 89.5 Å². The molecule has 2 aromatic heterocycles. The molecule has 9 aromatic rings. The van der Waals surface area contributed by atoms with Gasteiger partial charge in [0.1, 0.15) is 11.2 Å². The Bertz CT molecular complexity index is 2560. The highest BCUT2D eigenvalue weighted by atomic mass is 16.3. The predicted octanol–water partition coefficient (Wildman–Crippen LogP) is 11.8. The fourth-order valence-corrected chi connectivity index (χ4v) is 6.45. The molecule has 0 amide bonds. The van der Waals surface area contributed by atoms with Crippen LogP contribution in [0, 0.1) is 0 Å². The van der Waals surface area contributed by atoms with Crippen LogP contribution in [0.3, 0.4) is 0 Å². The maximum Gasteiger partial charge on any atom is 0.164 e. The second-order valence-electron chi connectivity index (χ2n) is 12.1. The second kappa shape index (κ2) is 12.2. The average Bonchev–Trinajstić information content (AvgIpc) is 3.56. The highest BCUT2D eigenvalue weighted by Gasteiger charge is 2.19. The monoisotopic (exact) mass is 627 g/mol. The maximum atomic E-state index is 6.32. The summed E-state index contributed by atoms with van der Waals surface area (Å²) < 4.78 is 6.32. The van der Waals surface area contributed by atoms with Gasteiger partial charge in [0.15, 0.2) is 17.5 Å². The summed E-state index contributed by atoms with van der Waals surface area (Å²) >= 11 is 0. The summed E-state index contributed by atoms with van der Waals surface area (Å²) in [6, 6.07) is 60.5. The summed E-state index contributed by atoms with van der Waals surface area (Å²) in [5.74, 6) is 1.85. The molecule has 0 atom stereocenters. The molecule has 7 aromatic carbocycles. The average molecular weight is 628 g/mol. The van der Waals surface area contributed by atoms with E-state index in [-0.39, 0.29) is 0 Å². The van der Waals surface area contributed by atoms with E-state index in [2.05, 4.69) is 103 Å². The van der Waals surface area contributed by atoms with Crippen molar-refractivity contribution in [2.45, 2.75) is 0 Å². The first-order chi connectivity index (χ1) is 24.3. The van der Waals surface area contributed by atoms with Gasteiger partial charge in [-0.3, -0.25) is 0 Å². The van der Waals surface area contributed by atoms with Crippen molar-refractivity contribution in [1.29, 1.82) is 0 Å². The summed E-state index contributed by atoms with van der Waals surface area (Å²) in [6.07, 6.45) is 0. The molecule has 4 nitrogen and oxygen atoms in total. The lowest BCUT2D eigenvalue weighted by molar-refractivity contribution is 0.669. The zero-order chi connectivity index (χ0) is 32.6. The molecular weight excluding hydrogens is 599 g/mol. The van der Waals surface area contributed by atoms with Crippen LogP contribution in [0.2, 0.25) is 0 Å². The zero-order valence-corrected chi connectivity index (χ0v) is 26.5. The number of furan rings is 1. The van der Waals surface area contributed by atoms with E-state index in [9.17, 15) is 0 Å². The maximum absolute atomic E-state index is 6.32. The van der Waals surface area contributed by atoms with Gasteiger partial charge in [0, 0.05) is 27.5 Å². The molecule has 0 bridgehead atoms. The highest BCUT2D eigenvalue weighted by Crippen LogP contribution is 2.39. The molecule has 0 radical (unpaired) electrons. The Morgan fingerprint density at radius 1 is 0.286 bits per heavy atom. The third kappa shape index (κ3) is 5.45. The fraction of sp³-hybridized carbons (Fsp3) is 0. The molecule has 0 spiro atoms. The van der Waals surface area contributed by atoms with Crippen LogP contribution in [-0.2, 0) is 0 Å². The van der Waals surface area contributed by atoms with Crippen LogP contribution in [0.15, 0.2) is 180 Å². The molecular formula is C45H29N3O. The van der Waals surface area contributed by atoms with Gasteiger partial charge in [-0.15, -0.1) is 0 Å². The van der Waals surface area contributed by atoms with Gasteiger partial charge in [0.2, 0.25) is 0 Å². The first kappa shape index (κ1) is 28.6. The number of aromatic nitrogens is 3. The quantitative estimate of drug-likeness (QED) is 0.184. The molecule has 0 saturated carbocycles. The lowest BCUT2D eigenvalue weighted by Gasteiger charge is -2.13. The molecule has 0 aliphatic heterocycles. The van der Waals surface area contributed by atoms with Gasteiger partial charge < -0.3 is 4.42 Å². The normalized spacial score (nSPS) is 11.3. The standard InChI is InChI=1S/C45H29N3O/c1-4-12-30(13-5-1)31-20-22-32(23-21-31)33-24-26-36(27-25-33)44-46-43(35-16-8-3-9-17-35)47-45(48-44)40-28-39-37-18-10-11-19-41(37)49-42(39)29-38(40)34-14-6-2-7-15-34/h1-29H. The Morgan fingerprint density at radius 2 is 0.714 bits per heavy atom. The summed E-state index contributed by atoms with van der Waals surface area (Å²) in [5, 5.41) is 2.08. The van der Waals surface area contributed by atoms with Crippen molar-refractivity contribution in [2.24, 2.45) is 0 Å². The number of para-hydroxylation sites is 1. The van der Waals surface area contributed by atoms with Gasteiger partial charge in [0.25, 0.3) is 0 Å². The largest absolute Gasteiger partial charge is 0.456 e. The van der Waals surface area contributed by atoms with Crippen molar-refractivity contribution in [2.75, 3.05) is 0 Å². The summed E-state index contributed by atoms with van der Waals surface area (Å²) in [6.45, 7) is 0. The molecule has 9 rings (SSSR count). The number of rotatable bonds is 6. The molecule has 0 N–H and O–H groups in total. The zero-order valence-electron chi connectivity index (χ0n) is 26.5. The minimum absolute atomic E-state index is 0.607. The Labute approximate surface area is 284 Å². The van der Waals surface area contributed by atoms with Crippen LogP contribution < -0.4 is 0 Å². The molecule has 4 heteroatoms. The minimum atomic E-state index is 0.607. The fourth-order valence-electron chi connectivity index (χ4n) is 6.45. The second-order valence-corrected chi connectivity index (χ2v) is 12.1. The van der Waals surface area contributed by atoms with Crippen molar-refractivity contribution < 1.29 is 4.42 Å². The van der Waals surface area contributed by atoms with E-state index in [1.165, 1.54) is 11.1 Å². The Morgan fingerprint density at radius 3 is 1.31 bits per heavy atom. The van der Waals surface area contributed by atoms with E-state index in [0.717, 1.165) is 60.9 Å². The molecule has 2 heterocycles. The Hall–Kier alpha value is -6.65. The molecule has 0 unspecified atom stereocenters. The van der Waals surface area contributed by atoms with Crippen molar-refractivity contribution in [3.05, 3.63) is 176 Å². The number of fused-ring (bicyclic) bond motifs is 3. The first-order valence-corrected chi connectivity index (χ1v) is 16.4. The molecule has 0 fully saturated rings. The van der Waals surface area contributed by atoms with Crippen LogP contribution >= 0.6 is 0 Å². The molecule has 230 valence electrons. The van der Waals surface area contributed by atoms with Crippen molar-refractivity contribution in [1.82, 2.24) is 15.0 Å². The van der Waals surface area contributed by atoms with E-state index in [1.807, 2.05) is 72.8 Å². The van der Waals surface area contributed by atoms with Crippen molar-refractivity contribution in [3.8, 4) is 67.5 Å². The lowest BCUT2D eigenvalue weighted by atomic mass is 9.96. The van der Waals surface area contributed by atoms with E-state index < -0.39 is 0 Å². The van der Waals surface area contributed by atoms with Gasteiger partial charge in [-0.1, -0.05) is 158 Å². The summed E-state index contributed by atoms with van der Waals surface area (Å²) in [5.41, 5.74) is 11.2. The third-order valence-corrected chi connectivity index (χ3v) is 8.98. The van der Waals surface area contributed by atoms with E-state index in [1.54, 1.807) is 0 Å². The topological polar surface area (TPSA) is 51.8 Å². The van der Waals surface area contributed by atoms with Crippen LogP contribution in [0.5, 0.6) is 0 Å².